The number of likely N-dealkylation sites (tertiary alicyclic amines) is 1. The van der Waals surface area contributed by atoms with Crippen LogP contribution in [0.15, 0.2) is 41.9 Å². The van der Waals surface area contributed by atoms with E-state index in [1.54, 1.807) is 20.4 Å². The van der Waals surface area contributed by atoms with Gasteiger partial charge in [0, 0.05) is 32.3 Å². The molecular weight excluding hydrogens is 498 g/mol. The summed E-state index contributed by atoms with van der Waals surface area (Å²) in [5.41, 5.74) is 1.14. The molecule has 38 heavy (non-hydrogen) atoms. The number of hydrogen-bond acceptors (Lipinski definition) is 6. The van der Waals surface area contributed by atoms with E-state index in [0.29, 0.717) is 25.3 Å². The molecule has 0 spiro atoms. The van der Waals surface area contributed by atoms with Gasteiger partial charge in [0.05, 0.1) is 36.6 Å². The zero-order chi connectivity index (χ0) is 27.7. The Labute approximate surface area is 232 Å². The molecule has 0 unspecified atom stereocenters. The maximum atomic E-state index is 13.6. The minimum atomic E-state index is -0.436. The summed E-state index contributed by atoms with van der Waals surface area (Å²) >= 11 is 1.54. The highest BCUT2D eigenvalue weighted by molar-refractivity contribution is 7.09. The number of hydrogen-bond donors (Lipinski definition) is 1. The molecular formula is C30H45N3O4S. The summed E-state index contributed by atoms with van der Waals surface area (Å²) in [6.07, 6.45) is 5.01. The van der Waals surface area contributed by atoms with Gasteiger partial charge in [0.25, 0.3) is 0 Å². The molecule has 2 aromatic rings. The van der Waals surface area contributed by atoms with Crippen molar-refractivity contribution in [3.8, 4) is 0 Å². The van der Waals surface area contributed by atoms with Crippen LogP contribution in [0.2, 0.25) is 0 Å². The molecule has 8 heteroatoms. The topological polar surface area (TPSA) is 80.8 Å². The molecule has 1 aliphatic heterocycles. The van der Waals surface area contributed by atoms with E-state index in [1.807, 2.05) is 35.4 Å². The van der Waals surface area contributed by atoms with Gasteiger partial charge in [0.2, 0.25) is 11.8 Å². The van der Waals surface area contributed by atoms with Crippen molar-refractivity contribution in [1.82, 2.24) is 15.2 Å². The Morgan fingerprint density at radius 1 is 1.16 bits per heavy atom. The van der Waals surface area contributed by atoms with E-state index in [4.69, 9.17) is 9.47 Å². The van der Waals surface area contributed by atoms with E-state index >= 15 is 0 Å². The van der Waals surface area contributed by atoms with Crippen molar-refractivity contribution in [3.63, 3.8) is 0 Å². The number of nitrogens with one attached hydrogen (secondary N) is 1. The van der Waals surface area contributed by atoms with Gasteiger partial charge in [-0.2, -0.15) is 0 Å². The molecule has 1 aromatic carbocycles. The van der Waals surface area contributed by atoms with Gasteiger partial charge >= 0.3 is 0 Å². The smallest absolute Gasteiger partial charge is 0.226 e. The average molecular weight is 544 g/mol. The first-order valence-electron chi connectivity index (χ1n) is 13.9. The number of carbonyl (C=O) groups is 2. The van der Waals surface area contributed by atoms with Crippen molar-refractivity contribution in [2.24, 2.45) is 17.8 Å². The van der Waals surface area contributed by atoms with Crippen LogP contribution in [0.1, 0.15) is 70.0 Å². The van der Waals surface area contributed by atoms with Crippen LogP contribution >= 0.6 is 11.3 Å². The first-order valence-corrected chi connectivity index (χ1v) is 14.8. The second kappa shape index (κ2) is 14.8. The van der Waals surface area contributed by atoms with Crippen LogP contribution in [-0.4, -0.2) is 60.7 Å². The fraction of sp³-hybridized carbons (Fsp3) is 0.633. The SMILES string of the molecule is CC[C@H](C)[C@H](C)[C@@H](CC(=O)N1CCC[C@H]1[C@H](OC)[C@@H](C)C(=O)N[C@@H](Cc1ccccc1)c1nccs1)OC. The third-order valence-corrected chi connectivity index (χ3v) is 9.22. The Kier molecular flexibility index (Phi) is 11.7. The van der Waals surface area contributed by atoms with Crippen LogP contribution in [0.5, 0.6) is 0 Å². The number of methoxy groups -OCH3 is 2. The molecule has 2 heterocycles. The molecule has 210 valence electrons. The first-order chi connectivity index (χ1) is 18.3. The van der Waals surface area contributed by atoms with Gasteiger partial charge in [-0.25, -0.2) is 4.98 Å². The average Bonchev–Trinajstić information content (AvgIpc) is 3.64. The normalized spacial score (nSPS) is 20.4. The number of amides is 2. The summed E-state index contributed by atoms with van der Waals surface area (Å²) in [6, 6.07) is 9.75. The lowest BCUT2D eigenvalue weighted by Crippen LogP contribution is -2.50. The van der Waals surface area contributed by atoms with Gasteiger partial charge in [-0.1, -0.05) is 64.4 Å². The predicted octanol–water partition coefficient (Wildman–Crippen LogP) is 5.27. The number of carbonyl (C=O) groups excluding carboxylic acids is 2. The Morgan fingerprint density at radius 3 is 2.50 bits per heavy atom. The van der Waals surface area contributed by atoms with Gasteiger partial charge in [-0.15, -0.1) is 11.3 Å². The molecule has 1 saturated heterocycles. The Hall–Kier alpha value is -2.29. The van der Waals surface area contributed by atoms with Crippen molar-refractivity contribution in [1.29, 1.82) is 0 Å². The summed E-state index contributed by atoms with van der Waals surface area (Å²) in [5.74, 6) is 0.305. The molecule has 0 aliphatic carbocycles. The molecule has 1 N–H and O–H groups in total. The third-order valence-electron chi connectivity index (χ3n) is 8.33. The Balaban J connectivity index is 1.70. The Bertz CT molecular complexity index is 987. The van der Waals surface area contributed by atoms with Crippen molar-refractivity contribution >= 4 is 23.2 Å². The number of rotatable bonds is 14. The lowest BCUT2D eigenvalue weighted by Gasteiger charge is -2.35. The summed E-state index contributed by atoms with van der Waals surface area (Å²) in [5, 5.41) is 6.04. The van der Waals surface area contributed by atoms with E-state index < -0.39 is 12.0 Å². The Morgan fingerprint density at radius 2 is 1.89 bits per heavy atom. The predicted molar refractivity (Wildman–Crippen MR) is 152 cm³/mol. The van der Waals surface area contributed by atoms with E-state index in [-0.39, 0.29) is 35.9 Å². The number of benzene rings is 1. The monoisotopic (exact) mass is 543 g/mol. The van der Waals surface area contributed by atoms with E-state index in [1.165, 1.54) is 11.3 Å². The minimum absolute atomic E-state index is 0.0777. The molecule has 7 nitrogen and oxygen atoms in total. The van der Waals surface area contributed by atoms with Crippen LogP contribution in [0, 0.1) is 17.8 Å². The minimum Gasteiger partial charge on any atom is -0.381 e. The summed E-state index contributed by atoms with van der Waals surface area (Å²) in [4.78, 5) is 33.4. The van der Waals surface area contributed by atoms with Gasteiger partial charge in [0.15, 0.2) is 0 Å². The molecule has 3 rings (SSSR count). The lowest BCUT2D eigenvalue weighted by atomic mass is 9.87. The van der Waals surface area contributed by atoms with E-state index in [0.717, 1.165) is 29.8 Å². The zero-order valence-corrected chi connectivity index (χ0v) is 24.6. The highest BCUT2D eigenvalue weighted by Gasteiger charge is 2.41. The molecule has 2 amide bonds. The van der Waals surface area contributed by atoms with E-state index in [2.05, 4.69) is 43.2 Å². The lowest BCUT2D eigenvalue weighted by molar-refractivity contribution is -0.142. The van der Waals surface area contributed by atoms with E-state index in [9.17, 15) is 9.59 Å². The number of thiazole rings is 1. The molecule has 7 atom stereocenters. The van der Waals surface area contributed by atoms with Crippen LogP contribution < -0.4 is 5.32 Å². The van der Waals surface area contributed by atoms with Gasteiger partial charge < -0.3 is 19.7 Å². The first kappa shape index (κ1) is 30.3. The summed E-state index contributed by atoms with van der Waals surface area (Å²) in [7, 11) is 3.33. The largest absolute Gasteiger partial charge is 0.381 e. The fourth-order valence-corrected chi connectivity index (χ4v) is 6.25. The summed E-state index contributed by atoms with van der Waals surface area (Å²) in [6.45, 7) is 9.12. The van der Waals surface area contributed by atoms with Crippen molar-refractivity contribution in [2.45, 2.75) is 84.1 Å². The molecule has 1 aliphatic rings. The quantitative estimate of drug-likeness (QED) is 0.351. The molecule has 1 aromatic heterocycles. The maximum absolute atomic E-state index is 13.6. The molecule has 0 saturated carbocycles. The fourth-order valence-electron chi connectivity index (χ4n) is 5.56. The zero-order valence-electron chi connectivity index (χ0n) is 23.8. The maximum Gasteiger partial charge on any atom is 0.226 e. The molecule has 0 bridgehead atoms. The number of ether oxygens (including phenoxy) is 2. The second-order valence-electron chi connectivity index (χ2n) is 10.6. The van der Waals surface area contributed by atoms with Crippen molar-refractivity contribution in [2.75, 3.05) is 20.8 Å². The van der Waals surface area contributed by atoms with Gasteiger partial charge in [0.1, 0.15) is 5.01 Å². The summed E-state index contributed by atoms with van der Waals surface area (Å²) < 4.78 is 11.7. The van der Waals surface area contributed by atoms with Gasteiger partial charge in [-0.05, 0) is 36.7 Å². The van der Waals surface area contributed by atoms with Crippen LogP contribution in [0.4, 0.5) is 0 Å². The third kappa shape index (κ3) is 7.64. The van der Waals surface area contributed by atoms with Crippen LogP contribution in [0.3, 0.4) is 0 Å². The van der Waals surface area contributed by atoms with Crippen molar-refractivity contribution < 1.29 is 19.1 Å². The van der Waals surface area contributed by atoms with Crippen LogP contribution in [0.25, 0.3) is 0 Å². The van der Waals surface area contributed by atoms with Gasteiger partial charge in [-0.3, -0.25) is 9.59 Å². The highest BCUT2D eigenvalue weighted by Crippen LogP contribution is 2.30. The standard InChI is InChI=1S/C30H45N3O4S/c1-7-20(2)21(3)26(36-5)19-27(34)33-16-11-14-25(33)28(37-6)22(4)29(35)32-24(30-31-15-17-38-30)18-23-12-9-8-10-13-23/h8-10,12-13,15,17,20-22,24-26,28H,7,11,14,16,18-19H2,1-6H3,(H,32,35)/t20-,21-,22+,24-,25-,26+,28+/m0/s1. The number of nitrogens with zero attached hydrogens (tertiary/aromatic N) is 2. The van der Waals surface area contributed by atoms with Crippen LogP contribution in [-0.2, 0) is 25.5 Å². The molecule has 1 fully saturated rings. The second-order valence-corrected chi connectivity index (χ2v) is 11.6. The molecule has 0 radical (unpaired) electrons. The highest BCUT2D eigenvalue weighted by atomic mass is 32.1. The number of aromatic nitrogens is 1. The van der Waals surface area contributed by atoms with Crippen molar-refractivity contribution in [3.05, 3.63) is 52.5 Å².